The van der Waals surface area contributed by atoms with Crippen molar-refractivity contribution in [1.29, 1.82) is 0 Å². The highest BCUT2D eigenvalue weighted by atomic mass is 32.2. The molecule has 1 atom stereocenters. The summed E-state index contributed by atoms with van der Waals surface area (Å²) >= 11 is 1.01. The molecule has 0 fully saturated rings. The molecule has 0 saturated heterocycles. The van der Waals surface area contributed by atoms with Crippen LogP contribution in [0.15, 0.2) is 0 Å². The summed E-state index contributed by atoms with van der Waals surface area (Å²) in [6, 6.07) is 0. The van der Waals surface area contributed by atoms with Gasteiger partial charge in [-0.3, -0.25) is 4.79 Å². The van der Waals surface area contributed by atoms with Crippen molar-refractivity contribution in [2.45, 2.75) is 58.1 Å². The molecule has 0 rings (SSSR count). The van der Waals surface area contributed by atoms with Gasteiger partial charge >= 0.3 is 12.1 Å². The van der Waals surface area contributed by atoms with Crippen LogP contribution in [-0.2, 0) is 9.53 Å². The zero-order chi connectivity index (χ0) is 14.6. The standard InChI is InChI=1S/C12H21F3O2S/c1-8(2)9(10(16)17-11(3,4)5)18-7-6-12(13,14)15/h8-9H,6-7H2,1-5H3. The first-order chi connectivity index (χ1) is 7.92. The number of carbonyl (C=O) groups excluding carboxylic acids is 1. The Balaban J connectivity index is 4.36. The number of hydrogen-bond acceptors (Lipinski definition) is 3. The maximum atomic E-state index is 12.0. The number of rotatable bonds is 5. The summed E-state index contributed by atoms with van der Waals surface area (Å²) in [5.41, 5.74) is -0.616. The van der Waals surface area contributed by atoms with E-state index in [-0.39, 0.29) is 11.7 Å². The van der Waals surface area contributed by atoms with Gasteiger partial charge in [0.1, 0.15) is 10.9 Å². The highest BCUT2D eigenvalue weighted by Gasteiger charge is 2.31. The zero-order valence-corrected chi connectivity index (χ0v) is 12.2. The van der Waals surface area contributed by atoms with Crippen molar-refractivity contribution in [1.82, 2.24) is 0 Å². The Bertz CT molecular complexity index is 269. The second-order valence-corrected chi connectivity index (χ2v) is 6.68. The van der Waals surface area contributed by atoms with Crippen LogP contribution in [0.25, 0.3) is 0 Å². The van der Waals surface area contributed by atoms with E-state index in [2.05, 4.69) is 0 Å². The third-order valence-corrected chi connectivity index (χ3v) is 3.46. The molecular formula is C12H21F3O2S. The highest BCUT2D eigenvalue weighted by Crippen LogP contribution is 2.28. The molecule has 0 saturated carbocycles. The van der Waals surface area contributed by atoms with Crippen molar-refractivity contribution >= 4 is 17.7 Å². The fraction of sp³-hybridized carbons (Fsp3) is 0.917. The number of alkyl halides is 3. The van der Waals surface area contributed by atoms with Gasteiger partial charge in [0.2, 0.25) is 0 Å². The first kappa shape index (κ1) is 17.6. The average Bonchev–Trinajstić information content (AvgIpc) is 2.06. The quantitative estimate of drug-likeness (QED) is 0.714. The molecule has 0 aromatic heterocycles. The largest absolute Gasteiger partial charge is 0.459 e. The van der Waals surface area contributed by atoms with Gasteiger partial charge in [-0.2, -0.15) is 13.2 Å². The van der Waals surface area contributed by atoms with Gasteiger partial charge < -0.3 is 4.74 Å². The second-order valence-electron chi connectivity index (χ2n) is 5.43. The minimum absolute atomic E-state index is 0.0573. The second kappa shape index (κ2) is 6.68. The number of thioether (sulfide) groups is 1. The van der Waals surface area contributed by atoms with Crippen LogP contribution in [0, 0.1) is 5.92 Å². The van der Waals surface area contributed by atoms with Gasteiger partial charge in [-0.1, -0.05) is 13.8 Å². The number of hydrogen-bond donors (Lipinski definition) is 0. The van der Waals surface area contributed by atoms with Gasteiger partial charge in [0.05, 0.1) is 6.42 Å². The Hall–Kier alpha value is -0.390. The minimum Gasteiger partial charge on any atom is -0.459 e. The Kier molecular flexibility index (Phi) is 6.54. The van der Waals surface area contributed by atoms with Gasteiger partial charge in [-0.05, 0) is 26.7 Å². The molecule has 18 heavy (non-hydrogen) atoms. The molecule has 0 aliphatic rings. The molecule has 0 N–H and O–H groups in total. The molecule has 1 unspecified atom stereocenters. The summed E-state index contributed by atoms with van der Waals surface area (Å²) in [7, 11) is 0. The summed E-state index contributed by atoms with van der Waals surface area (Å²) < 4.78 is 41.4. The van der Waals surface area contributed by atoms with E-state index in [4.69, 9.17) is 4.74 Å². The number of ether oxygens (including phenoxy) is 1. The van der Waals surface area contributed by atoms with Crippen molar-refractivity contribution in [3.05, 3.63) is 0 Å². The van der Waals surface area contributed by atoms with Crippen LogP contribution in [-0.4, -0.2) is 28.7 Å². The fourth-order valence-electron chi connectivity index (χ4n) is 1.19. The normalized spacial score (nSPS) is 14.7. The maximum absolute atomic E-state index is 12.0. The smallest absolute Gasteiger partial charge is 0.389 e. The van der Waals surface area contributed by atoms with E-state index in [1.165, 1.54) is 0 Å². The molecule has 0 amide bonds. The summed E-state index contributed by atoms with van der Waals surface area (Å²) in [6.45, 7) is 8.82. The molecule has 0 spiro atoms. The summed E-state index contributed by atoms with van der Waals surface area (Å²) in [6.07, 6.45) is -5.06. The van der Waals surface area contributed by atoms with Gasteiger partial charge in [-0.25, -0.2) is 0 Å². The van der Waals surface area contributed by atoms with E-state index in [0.29, 0.717) is 0 Å². The highest BCUT2D eigenvalue weighted by molar-refractivity contribution is 8.00. The summed E-state index contributed by atoms with van der Waals surface area (Å²) in [5, 5.41) is -0.549. The molecule has 2 nitrogen and oxygen atoms in total. The first-order valence-corrected chi connectivity index (χ1v) is 6.88. The molecule has 0 heterocycles. The number of esters is 1. The van der Waals surface area contributed by atoms with E-state index >= 15 is 0 Å². The number of carbonyl (C=O) groups is 1. The van der Waals surface area contributed by atoms with Crippen molar-refractivity contribution in [3.63, 3.8) is 0 Å². The van der Waals surface area contributed by atoms with Crippen LogP contribution in [0.4, 0.5) is 13.2 Å². The topological polar surface area (TPSA) is 26.3 Å². The molecular weight excluding hydrogens is 265 g/mol. The Labute approximate surface area is 111 Å². The monoisotopic (exact) mass is 286 g/mol. The molecule has 6 heteroatoms. The Morgan fingerprint density at radius 3 is 2.06 bits per heavy atom. The van der Waals surface area contributed by atoms with Crippen LogP contribution in [0.3, 0.4) is 0 Å². The SMILES string of the molecule is CC(C)C(SCCC(F)(F)F)C(=O)OC(C)(C)C. The fourth-order valence-corrected chi connectivity index (χ4v) is 2.37. The van der Waals surface area contributed by atoms with Crippen molar-refractivity contribution in [2.24, 2.45) is 5.92 Å². The van der Waals surface area contributed by atoms with E-state index in [9.17, 15) is 18.0 Å². The van der Waals surface area contributed by atoms with Crippen molar-refractivity contribution in [3.8, 4) is 0 Å². The van der Waals surface area contributed by atoms with Crippen molar-refractivity contribution < 1.29 is 22.7 Å². The van der Waals surface area contributed by atoms with Gasteiger partial charge in [0.15, 0.2) is 0 Å². The van der Waals surface area contributed by atoms with Gasteiger partial charge in [-0.15, -0.1) is 11.8 Å². The third-order valence-electron chi connectivity index (χ3n) is 1.93. The molecule has 0 aliphatic carbocycles. The van der Waals surface area contributed by atoms with Crippen molar-refractivity contribution in [2.75, 3.05) is 5.75 Å². The van der Waals surface area contributed by atoms with Gasteiger partial charge in [0, 0.05) is 5.75 Å². The molecule has 0 aromatic rings. The molecule has 0 radical (unpaired) electrons. The van der Waals surface area contributed by atoms with Crippen LogP contribution in [0.1, 0.15) is 41.0 Å². The lowest BCUT2D eigenvalue weighted by Crippen LogP contribution is -2.33. The van der Waals surface area contributed by atoms with Gasteiger partial charge in [0.25, 0.3) is 0 Å². The molecule has 108 valence electrons. The molecule has 0 aliphatic heterocycles. The molecule has 0 bridgehead atoms. The lowest BCUT2D eigenvalue weighted by atomic mass is 10.1. The predicted octanol–water partition coefficient (Wildman–Crippen LogP) is 4.04. The van der Waals surface area contributed by atoms with Crippen LogP contribution in [0.5, 0.6) is 0 Å². The summed E-state index contributed by atoms with van der Waals surface area (Å²) in [5.74, 6) is -0.617. The van der Waals surface area contributed by atoms with E-state index in [1.807, 2.05) is 0 Å². The Morgan fingerprint density at radius 2 is 1.72 bits per heavy atom. The van der Waals surface area contributed by atoms with E-state index in [1.54, 1.807) is 34.6 Å². The maximum Gasteiger partial charge on any atom is 0.389 e. The predicted molar refractivity (Wildman–Crippen MR) is 67.6 cm³/mol. The van der Waals surface area contributed by atoms with Crippen LogP contribution in [0.2, 0.25) is 0 Å². The molecule has 0 aromatic carbocycles. The van der Waals surface area contributed by atoms with Crippen LogP contribution >= 0.6 is 11.8 Å². The van der Waals surface area contributed by atoms with E-state index in [0.717, 1.165) is 11.8 Å². The Morgan fingerprint density at radius 1 is 1.22 bits per heavy atom. The average molecular weight is 286 g/mol. The minimum atomic E-state index is -4.18. The third kappa shape index (κ3) is 8.66. The summed E-state index contributed by atoms with van der Waals surface area (Å²) in [4.78, 5) is 11.8. The van der Waals surface area contributed by atoms with Crippen LogP contribution < -0.4 is 0 Å². The lowest BCUT2D eigenvalue weighted by molar-refractivity contribution is -0.155. The zero-order valence-electron chi connectivity index (χ0n) is 11.4. The van der Waals surface area contributed by atoms with E-state index < -0.39 is 29.4 Å². The number of halogens is 3. The first-order valence-electron chi connectivity index (χ1n) is 5.83. The lowest BCUT2D eigenvalue weighted by Gasteiger charge is -2.25.